The largest absolute Gasteiger partial charge is 0.389 e. The number of aliphatic hydroxyl groups excluding tert-OH is 2. The van der Waals surface area contributed by atoms with Gasteiger partial charge in [-0.15, -0.1) is 0 Å². The summed E-state index contributed by atoms with van der Waals surface area (Å²) in [4.78, 5) is 1.86. The monoisotopic (exact) mass is 273 g/mol. The third kappa shape index (κ3) is 4.14. The number of rotatable bonds is 6. The molecule has 0 bridgehead atoms. The van der Waals surface area contributed by atoms with Gasteiger partial charge in [0.05, 0.1) is 29.5 Å². The summed E-state index contributed by atoms with van der Waals surface area (Å²) in [5.74, 6) is 0. The van der Waals surface area contributed by atoms with Crippen LogP contribution in [0.3, 0.4) is 0 Å². The van der Waals surface area contributed by atoms with E-state index in [1.807, 2.05) is 24.1 Å². The van der Waals surface area contributed by atoms with E-state index >= 15 is 0 Å². The molecule has 0 spiro atoms. The molecule has 0 saturated carbocycles. The molecule has 0 aliphatic heterocycles. The SMILES string of the molecule is COCC(O)CN(C)c1ccc(C(C)O)cc1Cl. The van der Waals surface area contributed by atoms with Crippen LogP contribution in [0.5, 0.6) is 0 Å². The van der Waals surface area contributed by atoms with Crippen LogP contribution in [0.2, 0.25) is 5.02 Å². The summed E-state index contributed by atoms with van der Waals surface area (Å²) in [6, 6.07) is 5.40. The second kappa shape index (κ2) is 6.95. The maximum atomic E-state index is 9.66. The van der Waals surface area contributed by atoms with Crippen molar-refractivity contribution in [2.75, 3.05) is 32.2 Å². The van der Waals surface area contributed by atoms with Gasteiger partial charge >= 0.3 is 0 Å². The molecule has 1 aromatic rings. The molecule has 0 saturated heterocycles. The molecular formula is C13H20ClNO3. The summed E-state index contributed by atoms with van der Waals surface area (Å²) >= 11 is 6.16. The minimum atomic E-state index is -0.562. The van der Waals surface area contributed by atoms with Crippen LogP contribution >= 0.6 is 11.6 Å². The Labute approximate surface area is 113 Å². The molecule has 2 unspecified atom stereocenters. The van der Waals surface area contributed by atoms with E-state index in [0.29, 0.717) is 11.6 Å². The predicted molar refractivity (Wildman–Crippen MR) is 73.2 cm³/mol. The Morgan fingerprint density at radius 1 is 1.39 bits per heavy atom. The van der Waals surface area contributed by atoms with Gasteiger partial charge in [-0.2, -0.15) is 0 Å². The molecule has 102 valence electrons. The minimum absolute atomic E-state index is 0.285. The molecule has 18 heavy (non-hydrogen) atoms. The van der Waals surface area contributed by atoms with Gasteiger partial charge in [-0.1, -0.05) is 17.7 Å². The number of benzene rings is 1. The summed E-state index contributed by atoms with van der Waals surface area (Å²) < 4.78 is 4.88. The molecule has 2 N–H and O–H groups in total. The zero-order valence-corrected chi connectivity index (χ0v) is 11.7. The van der Waals surface area contributed by atoms with Gasteiger partial charge < -0.3 is 19.8 Å². The number of ether oxygens (including phenoxy) is 1. The number of likely N-dealkylation sites (N-methyl/N-ethyl adjacent to an activating group) is 1. The fraction of sp³-hybridized carbons (Fsp3) is 0.538. The van der Waals surface area contributed by atoms with Crippen molar-refractivity contribution in [1.29, 1.82) is 0 Å². The van der Waals surface area contributed by atoms with Gasteiger partial charge in [-0.05, 0) is 24.6 Å². The fourth-order valence-corrected chi connectivity index (χ4v) is 2.09. The topological polar surface area (TPSA) is 52.9 Å². The molecule has 0 aliphatic carbocycles. The highest BCUT2D eigenvalue weighted by Crippen LogP contribution is 2.28. The maximum Gasteiger partial charge on any atom is 0.0947 e. The lowest BCUT2D eigenvalue weighted by Gasteiger charge is -2.24. The molecule has 0 aromatic heterocycles. The quantitative estimate of drug-likeness (QED) is 0.830. The standard InChI is InChI=1S/C13H20ClNO3/c1-9(16)10-4-5-13(12(14)6-10)15(2)7-11(17)8-18-3/h4-6,9,11,16-17H,7-8H2,1-3H3. The van der Waals surface area contributed by atoms with Crippen LogP contribution in [0.25, 0.3) is 0 Å². The van der Waals surface area contributed by atoms with Crippen molar-refractivity contribution in [3.8, 4) is 0 Å². The van der Waals surface area contributed by atoms with E-state index in [4.69, 9.17) is 16.3 Å². The predicted octanol–water partition coefficient (Wildman–Crippen LogP) is 1.84. The van der Waals surface area contributed by atoms with Crippen molar-refractivity contribution < 1.29 is 14.9 Å². The minimum Gasteiger partial charge on any atom is -0.389 e. The molecule has 0 radical (unpaired) electrons. The summed E-state index contributed by atoms with van der Waals surface area (Å²) in [5, 5.41) is 19.7. The molecule has 4 nitrogen and oxygen atoms in total. The van der Waals surface area contributed by atoms with Gasteiger partial charge in [-0.25, -0.2) is 0 Å². The lowest BCUT2D eigenvalue weighted by Crippen LogP contribution is -2.32. The van der Waals surface area contributed by atoms with Crippen molar-refractivity contribution in [2.45, 2.75) is 19.1 Å². The van der Waals surface area contributed by atoms with Crippen LogP contribution in [-0.4, -0.2) is 43.6 Å². The first-order valence-corrected chi connectivity index (χ1v) is 6.19. The third-order valence-electron chi connectivity index (χ3n) is 2.71. The number of methoxy groups -OCH3 is 1. The molecule has 0 heterocycles. The van der Waals surface area contributed by atoms with E-state index in [1.54, 1.807) is 20.1 Å². The Balaban J connectivity index is 2.77. The lowest BCUT2D eigenvalue weighted by molar-refractivity contribution is 0.0695. The highest BCUT2D eigenvalue weighted by atomic mass is 35.5. The number of anilines is 1. The van der Waals surface area contributed by atoms with Crippen molar-refractivity contribution in [1.82, 2.24) is 0 Å². The van der Waals surface area contributed by atoms with Crippen LogP contribution in [0, 0.1) is 0 Å². The molecule has 2 atom stereocenters. The molecule has 0 aliphatic rings. The Hall–Kier alpha value is -0.810. The number of nitrogens with zero attached hydrogens (tertiary/aromatic N) is 1. The van der Waals surface area contributed by atoms with Crippen LogP contribution in [0.15, 0.2) is 18.2 Å². The smallest absolute Gasteiger partial charge is 0.0947 e. The van der Waals surface area contributed by atoms with Gasteiger partial charge in [0.2, 0.25) is 0 Å². The van der Waals surface area contributed by atoms with Crippen molar-refractivity contribution in [3.05, 3.63) is 28.8 Å². The lowest BCUT2D eigenvalue weighted by atomic mass is 10.1. The number of hydrogen-bond donors (Lipinski definition) is 2. The Kier molecular flexibility index (Phi) is 5.88. The Morgan fingerprint density at radius 2 is 2.06 bits per heavy atom. The van der Waals surface area contributed by atoms with Crippen molar-refractivity contribution in [2.24, 2.45) is 0 Å². The highest BCUT2D eigenvalue weighted by molar-refractivity contribution is 6.33. The van der Waals surface area contributed by atoms with E-state index < -0.39 is 12.2 Å². The van der Waals surface area contributed by atoms with Crippen molar-refractivity contribution in [3.63, 3.8) is 0 Å². The molecular weight excluding hydrogens is 254 g/mol. The first-order chi connectivity index (χ1) is 8.45. The van der Waals surface area contributed by atoms with E-state index in [2.05, 4.69) is 0 Å². The number of hydrogen-bond acceptors (Lipinski definition) is 4. The number of aliphatic hydroxyl groups is 2. The fourth-order valence-electron chi connectivity index (χ4n) is 1.75. The second-order valence-corrected chi connectivity index (χ2v) is 4.78. The average Bonchev–Trinajstić information content (AvgIpc) is 2.28. The second-order valence-electron chi connectivity index (χ2n) is 4.38. The van der Waals surface area contributed by atoms with E-state index in [1.165, 1.54) is 0 Å². The van der Waals surface area contributed by atoms with E-state index in [-0.39, 0.29) is 6.61 Å². The molecule has 1 aromatic carbocycles. The molecule has 1 rings (SSSR count). The summed E-state index contributed by atoms with van der Waals surface area (Å²) in [7, 11) is 3.40. The van der Waals surface area contributed by atoms with Gasteiger partial charge in [0.15, 0.2) is 0 Å². The highest BCUT2D eigenvalue weighted by Gasteiger charge is 2.12. The molecule has 0 fully saturated rings. The summed E-state index contributed by atoms with van der Waals surface area (Å²) in [6.45, 7) is 2.41. The maximum absolute atomic E-state index is 9.66. The van der Waals surface area contributed by atoms with Gasteiger partial charge in [0, 0.05) is 20.7 Å². The third-order valence-corrected chi connectivity index (χ3v) is 3.01. The van der Waals surface area contributed by atoms with E-state index in [9.17, 15) is 10.2 Å². The van der Waals surface area contributed by atoms with Crippen LogP contribution < -0.4 is 4.90 Å². The summed E-state index contributed by atoms with van der Waals surface area (Å²) in [6.07, 6.45) is -1.10. The van der Waals surface area contributed by atoms with Crippen LogP contribution in [0.1, 0.15) is 18.6 Å². The average molecular weight is 274 g/mol. The zero-order chi connectivity index (χ0) is 13.7. The van der Waals surface area contributed by atoms with Crippen LogP contribution in [0.4, 0.5) is 5.69 Å². The van der Waals surface area contributed by atoms with Crippen molar-refractivity contribution >= 4 is 17.3 Å². The Morgan fingerprint density at radius 3 is 2.56 bits per heavy atom. The van der Waals surface area contributed by atoms with Gasteiger partial charge in [0.1, 0.15) is 0 Å². The summed E-state index contributed by atoms with van der Waals surface area (Å²) in [5.41, 5.74) is 1.59. The number of halogens is 1. The molecule has 0 amide bonds. The first-order valence-electron chi connectivity index (χ1n) is 5.81. The van der Waals surface area contributed by atoms with Gasteiger partial charge in [0.25, 0.3) is 0 Å². The first kappa shape index (κ1) is 15.2. The Bertz CT molecular complexity index is 384. The van der Waals surface area contributed by atoms with Crippen LogP contribution in [-0.2, 0) is 4.74 Å². The molecule has 5 heteroatoms. The van der Waals surface area contributed by atoms with E-state index in [0.717, 1.165) is 11.3 Å². The zero-order valence-electron chi connectivity index (χ0n) is 10.9. The van der Waals surface area contributed by atoms with Gasteiger partial charge in [-0.3, -0.25) is 0 Å². The normalized spacial score (nSPS) is 14.3.